The highest BCUT2D eigenvalue weighted by molar-refractivity contribution is 6.30. The summed E-state index contributed by atoms with van der Waals surface area (Å²) in [6.07, 6.45) is 2.03. The van der Waals surface area contributed by atoms with Crippen LogP contribution in [-0.2, 0) is 4.79 Å². The van der Waals surface area contributed by atoms with Crippen molar-refractivity contribution in [2.24, 2.45) is 5.92 Å². The summed E-state index contributed by atoms with van der Waals surface area (Å²) in [6.45, 7) is 0.798. The lowest BCUT2D eigenvalue weighted by Crippen LogP contribution is -2.36. The molecule has 1 heterocycles. The van der Waals surface area contributed by atoms with Crippen LogP contribution in [0.1, 0.15) is 34.7 Å². The Kier molecular flexibility index (Phi) is 5.86. The van der Waals surface area contributed by atoms with E-state index in [1.165, 1.54) is 0 Å². The molecule has 1 N–H and O–H groups in total. The molecular formula is C23H25ClN2O4. The number of nitrogens with zero attached hydrogens (tertiary/aromatic N) is 1. The third-order valence-corrected chi connectivity index (χ3v) is 6.05. The molecule has 0 spiro atoms. The second-order valence-electron chi connectivity index (χ2n) is 7.82. The predicted molar refractivity (Wildman–Crippen MR) is 114 cm³/mol. The molecule has 0 radical (unpaired) electrons. The molecule has 1 aliphatic carbocycles. The van der Waals surface area contributed by atoms with Crippen LogP contribution in [0.3, 0.4) is 0 Å². The van der Waals surface area contributed by atoms with Gasteiger partial charge in [0.05, 0.1) is 20.1 Å². The number of hydrogen-bond donors (Lipinski definition) is 1. The van der Waals surface area contributed by atoms with Crippen molar-refractivity contribution >= 4 is 23.4 Å². The third kappa shape index (κ3) is 4.24. The fourth-order valence-corrected chi connectivity index (χ4v) is 4.11. The van der Waals surface area contributed by atoms with Crippen molar-refractivity contribution < 1.29 is 19.1 Å². The lowest BCUT2D eigenvalue weighted by atomic mass is 9.87. The van der Waals surface area contributed by atoms with Crippen LogP contribution in [-0.4, -0.2) is 50.1 Å². The molecule has 0 unspecified atom stereocenters. The van der Waals surface area contributed by atoms with Gasteiger partial charge in [-0.15, -0.1) is 0 Å². The number of amides is 2. The van der Waals surface area contributed by atoms with Crippen molar-refractivity contribution in [1.29, 1.82) is 0 Å². The molecule has 1 saturated carbocycles. The van der Waals surface area contributed by atoms with Crippen molar-refractivity contribution in [3.8, 4) is 11.5 Å². The smallest absolute Gasteiger partial charge is 0.253 e. The zero-order valence-electron chi connectivity index (χ0n) is 17.1. The molecule has 6 nitrogen and oxygen atoms in total. The summed E-state index contributed by atoms with van der Waals surface area (Å²) in [5.74, 6) is 0.716. The molecule has 2 amide bonds. The first-order valence-electron chi connectivity index (χ1n) is 10.1. The lowest BCUT2D eigenvalue weighted by Gasteiger charge is -2.21. The van der Waals surface area contributed by atoms with Gasteiger partial charge in [-0.25, -0.2) is 0 Å². The van der Waals surface area contributed by atoms with Crippen molar-refractivity contribution in [1.82, 2.24) is 10.2 Å². The molecule has 4 rings (SSSR count). The topological polar surface area (TPSA) is 67.9 Å². The number of hydrogen-bond acceptors (Lipinski definition) is 4. The number of methoxy groups -OCH3 is 2. The van der Waals surface area contributed by atoms with Crippen LogP contribution >= 0.6 is 11.6 Å². The summed E-state index contributed by atoms with van der Waals surface area (Å²) in [6, 6.07) is 12.7. The summed E-state index contributed by atoms with van der Waals surface area (Å²) in [5, 5.41) is 3.68. The van der Waals surface area contributed by atoms with E-state index in [9.17, 15) is 9.59 Å². The fraction of sp³-hybridized carbons (Fsp3) is 0.391. The second kappa shape index (κ2) is 8.56. The number of halogens is 1. The van der Waals surface area contributed by atoms with E-state index in [1.54, 1.807) is 43.4 Å². The van der Waals surface area contributed by atoms with Crippen molar-refractivity contribution in [2.75, 3.05) is 27.3 Å². The summed E-state index contributed by atoms with van der Waals surface area (Å²) in [4.78, 5) is 27.9. The molecule has 2 aromatic carbocycles. The Morgan fingerprint density at radius 1 is 1.03 bits per heavy atom. The van der Waals surface area contributed by atoms with E-state index in [0.717, 1.165) is 18.4 Å². The average molecular weight is 429 g/mol. The molecule has 2 atom stereocenters. The average Bonchev–Trinajstić information content (AvgIpc) is 3.47. The zero-order chi connectivity index (χ0) is 21.3. The molecular weight excluding hydrogens is 404 g/mol. The second-order valence-corrected chi connectivity index (χ2v) is 8.26. The Morgan fingerprint density at radius 2 is 1.77 bits per heavy atom. The maximum atomic E-state index is 13.1. The van der Waals surface area contributed by atoms with Gasteiger partial charge >= 0.3 is 0 Å². The molecule has 0 bridgehead atoms. The number of rotatable bonds is 6. The SMILES string of the molecule is COc1ccc([C@@H]2CN(C(=O)c3ccc(Cl)cc3)C[C@H]2C(=O)NC2CC2)c(OC)c1. The van der Waals surface area contributed by atoms with Crippen LogP contribution < -0.4 is 14.8 Å². The molecule has 2 fully saturated rings. The Hall–Kier alpha value is -2.73. The monoisotopic (exact) mass is 428 g/mol. The first-order chi connectivity index (χ1) is 14.5. The van der Waals surface area contributed by atoms with Gasteiger partial charge in [-0.1, -0.05) is 17.7 Å². The zero-order valence-corrected chi connectivity index (χ0v) is 17.8. The highest BCUT2D eigenvalue weighted by Crippen LogP contribution is 2.40. The number of likely N-dealkylation sites (tertiary alicyclic amines) is 1. The Labute approximate surface area is 181 Å². The number of ether oxygens (including phenoxy) is 2. The van der Waals surface area contributed by atoms with Crippen molar-refractivity contribution in [3.63, 3.8) is 0 Å². The van der Waals surface area contributed by atoms with Gasteiger partial charge in [-0.3, -0.25) is 9.59 Å². The standard InChI is InChI=1S/C23H25ClN2O4/c1-29-17-9-10-18(21(11-17)30-2)19-12-26(13-20(19)22(27)25-16-7-8-16)23(28)14-3-5-15(24)6-4-14/h3-6,9-11,16,19-20H,7-8,12-13H2,1-2H3,(H,25,27)/t19-,20+/m0/s1. The first kappa shape index (κ1) is 20.5. The lowest BCUT2D eigenvalue weighted by molar-refractivity contribution is -0.125. The molecule has 7 heteroatoms. The summed E-state index contributed by atoms with van der Waals surface area (Å²) in [7, 11) is 3.20. The van der Waals surface area contributed by atoms with Crippen LogP contribution in [0.5, 0.6) is 11.5 Å². The van der Waals surface area contributed by atoms with E-state index in [4.69, 9.17) is 21.1 Å². The number of carbonyl (C=O) groups excluding carboxylic acids is 2. The highest BCUT2D eigenvalue weighted by Gasteiger charge is 2.43. The van der Waals surface area contributed by atoms with E-state index < -0.39 is 0 Å². The van der Waals surface area contributed by atoms with Crippen LogP contribution in [0.25, 0.3) is 0 Å². The minimum Gasteiger partial charge on any atom is -0.497 e. The van der Waals surface area contributed by atoms with Crippen molar-refractivity contribution in [2.45, 2.75) is 24.8 Å². The first-order valence-corrected chi connectivity index (χ1v) is 10.4. The Bertz CT molecular complexity index is 943. The molecule has 158 valence electrons. The van der Waals surface area contributed by atoms with Crippen LogP contribution in [0, 0.1) is 5.92 Å². The molecule has 2 aliphatic rings. The summed E-state index contributed by atoms with van der Waals surface area (Å²) < 4.78 is 10.9. The number of nitrogens with one attached hydrogen (secondary N) is 1. The van der Waals surface area contributed by atoms with Gasteiger partial charge in [0.1, 0.15) is 11.5 Å². The Balaban J connectivity index is 1.63. The van der Waals surface area contributed by atoms with E-state index in [0.29, 0.717) is 35.2 Å². The normalized spacial score (nSPS) is 20.7. The quantitative estimate of drug-likeness (QED) is 0.764. The summed E-state index contributed by atoms with van der Waals surface area (Å²) >= 11 is 5.95. The molecule has 1 saturated heterocycles. The molecule has 0 aromatic heterocycles. The van der Waals surface area contributed by atoms with Gasteiger partial charge in [0.15, 0.2) is 0 Å². The van der Waals surface area contributed by atoms with Gasteiger partial charge < -0.3 is 19.7 Å². The van der Waals surface area contributed by atoms with Crippen LogP contribution in [0.2, 0.25) is 5.02 Å². The minimum atomic E-state index is -0.343. The van der Waals surface area contributed by atoms with E-state index >= 15 is 0 Å². The van der Waals surface area contributed by atoms with Crippen molar-refractivity contribution in [3.05, 3.63) is 58.6 Å². The van der Waals surface area contributed by atoms with Gasteiger partial charge in [0.25, 0.3) is 5.91 Å². The highest BCUT2D eigenvalue weighted by atomic mass is 35.5. The van der Waals surface area contributed by atoms with E-state index in [2.05, 4.69) is 5.32 Å². The maximum Gasteiger partial charge on any atom is 0.253 e. The predicted octanol–water partition coefficient (Wildman–Crippen LogP) is 3.49. The molecule has 30 heavy (non-hydrogen) atoms. The fourth-order valence-electron chi connectivity index (χ4n) is 3.99. The maximum absolute atomic E-state index is 13.1. The minimum absolute atomic E-state index is 0.00761. The van der Waals surface area contributed by atoms with E-state index in [1.807, 2.05) is 18.2 Å². The van der Waals surface area contributed by atoms with Gasteiger partial charge in [0.2, 0.25) is 5.91 Å². The van der Waals surface area contributed by atoms with Crippen LogP contribution in [0.4, 0.5) is 0 Å². The molecule has 2 aromatic rings. The summed E-state index contributed by atoms with van der Waals surface area (Å²) in [5.41, 5.74) is 1.46. The largest absolute Gasteiger partial charge is 0.497 e. The van der Waals surface area contributed by atoms with E-state index in [-0.39, 0.29) is 29.7 Å². The molecule has 1 aliphatic heterocycles. The van der Waals surface area contributed by atoms with Gasteiger partial charge in [-0.05, 0) is 43.2 Å². The third-order valence-electron chi connectivity index (χ3n) is 5.80. The van der Waals surface area contributed by atoms with Gasteiger partial charge in [0, 0.05) is 47.3 Å². The van der Waals surface area contributed by atoms with Gasteiger partial charge in [-0.2, -0.15) is 0 Å². The number of benzene rings is 2. The van der Waals surface area contributed by atoms with Crippen LogP contribution in [0.15, 0.2) is 42.5 Å². The number of carbonyl (C=O) groups is 2. The Morgan fingerprint density at radius 3 is 2.40 bits per heavy atom.